The molecular formula is C14H11FN2O. The number of halogens is 1. The number of aromatic nitrogens is 2. The molecule has 3 rings (SSSR count). The van der Waals surface area contributed by atoms with E-state index in [1.807, 2.05) is 6.07 Å². The first-order valence-electron chi connectivity index (χ1n) is 5.55. The monoisotopic (exact) mass is 242 g/mol. The fourth-order valence-corrected chi connectivity index (χ4v) is 2.04. The molecule has 0 unspecified atom stereocenters. The first-order valence-corrected chi connectivity index (χ1v) is 5.55. The molecule has 0 spiro atoms. The normalized spacial score (nSPS) is 10.8. The van der Waals surface area contributed by atoms with E-state index in [1.165, 1.54) is 13.2 Å². The van der Waals surface area contributed by atoms with Gasteiger partial charge in [0.25, 0.3) is 0 Å². The Morgan fingerprint density at radius 2 is 2.06 bits per heavy atom. The fraction of sp³-hybridized carbons (Fsp3) is 0.0714. The molecule has 0 radical (unpaired) electrons. The predicted octanol–water partition coefficient (Wildman–Crippen LogP) is 3.38. The average Bonchev–Trinajstić information content (AvgIpc) is 2.87. The molecule has 1 aromatic carbocycles. The molecule has 18 heavy (non-hydrogen) atoms. The van der Waals surface area contributed by atoms with Crippen molar-refractivity contribution in [3.63, 3.8) is 0 Å². The van der Waals surface area contributed by atoms with Crippen LogP contribution in [0, 0.1) is 5.82 Å². The Morgan fingerprint density at radius 1 is 1.17 bits per heavy atom. The van der Waals surface area contributed by atoms with E-state index in [4.69, 9.17) is 4.74 Å². The van der Waals surface area contributed by atoms with Crippen molar-refractivity contribution in [1.82, 2.24) is 9.97 Å². The van der Waals surface area contributed by atoms with Crippen LogP contribution >= 0.6 is 0 Å². The highest BCUT2D eigenvalue weighted by Gasteiger charge is 2.10. The minimum Gasteiger partial charge on any atom is -0.497 e. The third kappa shape index (κ3) is 1.62. The van der Waals surface area contributed by atoms with Crippen molar-refractivity contribution in [3.8, 4) is 16.9 Å². The van der Waals surface area contributed by atoms with Gasteiger partial charge in [-0.15, -0.1) is 0 Å². The number of hydrogen-bond acceptors (Lipinski definition) is 2. The smallest absolute Gasteiger partial charge is 0.137 e. The van der Waals surface area contributed by atoms with Crippen LogP contribution in [0.15, 0.2) is 42.7 Å². The second kappa shape index (κ2) is 4.14. The molecule has 90 valence electrons. The van der Waals surface area contributed by atoms with E-state index in [2.05, 4.69) is 9.97 Å². The third-order valence-corrected chi connectivity index (χ3v) is 2.93. The van der Waals surface area contributed by atoms with Gasteiger partial charge in [0.1, 0.15) is 17.2 Å². The topological polar surface area (TPSA) is 37.9 Å². The number of H-pyrrole nitrogens is 1. The van der Waals surface area contributed by atoms with Crippen molar-refractivity contribution in [2.45, 2.75) is 0 Å². The number of nitrogens with one attached hydrogen (secondary N) is 1. The number of pyridine rings is 1. The standard InChI is InChI=1S/C14H11FN2O/c1-18-9-2-3-11(13(15)8-9)10-4-6-16-14-12(10)5-7-17-14/h2-8H,1H3,(H,16,17). The lowest BCUT2D eigenvalue weighted by molar-refractivity contribution is 0.411. The Kier molecular flexibility index (Phi) is 2.48. The largest absolute Gasteiger partial charge is 0.497 e. The van der Waals surface area contributed by atoms with Gasteiger partial charge in [0.05, 0.1) is 7.11 Å². The zero-order chi connectivity index (χ0) is 12.5. The summed E-state index contributed by atoms with van der Waals surface area (Å²) in [5, 5.41) is 0.904. The zero-order valence-electron chi connectivity index (χ0n) is 9.77. The van der Waals surface area contributed by atoms with E-state index in [9.17, 15) is 4.39 Å². The van der Waals surface area contributed by atoms with Crippen molar-refractivity contribution >= 4 is 11.0 Å². The van der Waals surface area contributed by atoms with Gasteiger partial charge in [0.15, 0.2) is 0 Å². The molecule has 2 aromatic heterocycles. The number of methoxy groups -OCH3 is 1. The maximum absolute atomic E-state index is 14.0. The highest BCUT2D eigenvalue weighted by atomic mass is 19.1. The summed E-state index contributed by atoms with van der Waals surface area (Å²) in [6.45, 7) is 0. The second-order valence-electron chi connectivity index (χ2n) is 3.94. The summed E-state index contributed by atoms with van der Waals surface area (Å²) in [6, 6.07) is 8.55. The molecule has 0 saturated carbocycles. The molecule has 1 N–H and O–H groups in total. The van der Waals surface area contributed by atoms with Crippen LogP contribution in [-0.2, 0) is 0 Å². The fourth-order valence-electron chi connectivity index (χ4n) is 2.04. The third-order valence-electron chi connectivity index (χ3n) is 2.93. The molecule has 0 aliphatic rings. The van der Waals surface area contributed by atoms with Gasteiger partial charge >= 0.3 is 0 Å². The minimum absolute atomic E-state index is 0.303. The maximum atomic E-state index is 14.0. The Labute approximate surface area is 103 Å². The molecular weight excluding hydrogens is 231 g/mol. The Hall–Kier alpha value is -2.36. The van der Waals surface area contributed by atoms with Gasteiger partial charge in [-0.1, -0.05) is 0 Å². The van der Waals surface area contributed by atoms with E-state index in [0.29, 0.717) is 11.3 Å². The summed E-state index contributed by atoms with van der Waals surface area (Å²) in [5.41, 5.74) is 2.12. The summed E-state index contributed by atoms with van der Waals surface area (Å²) in [5.74, 6) is 0.207. The van der Waals surface area contributed by atoms with Crippen LogP contribution in [0.2, 0.25) is 0 Å². The molecule has 0 atom stereocenters. The summed E-state index contributed by atoms with van der Waals surface area (Å²) >= 11 is 0. The van der Waals surface area contributed by atoms with Crippen LogP contribution in [0.4, 0.5) is 4.39 Å². The highest BCUT2D eigenvalue weighted by Crippen LogP contribution is 2.30. The summed E-state index contributed by atoms with van der Waals surface area (Å²) in [6.07, 6.45) is 3.46. The molecule has 0 amide bonds. The number of benzene rings is 1. The van der Waals surface area contributed by atoms with Crippen molar-refractivity contribution < 1.29 is 9.13 Å². The molecule has 3 nitrogen and oxygen atoms in total. The quantitative estimate of drug-likeness (QED) is 0.748. The van der Waals surface area contributed by atoms with Crippen LogP contribution in [0.1, 0.15) is 0 Å². The first-order chi connectivity index (χ1) is 8.79. The van der Waals surface area contributed by atoms with E-state index in [-0.39, 0.29) is 5.82 Å². The first kappa shape index (κ1) is 10.8. The van der Waals surface area contributed by atoms with Gasteiger partial charge in [0, 0.05) is 29.4 Å². The highest BCUT2D eigenvalue weighted by molar-refractivity contribution is 5.93. The number of hydrogen-bond donors (Lipinski definition) is 1. The van der Waals surface area contributed by atoms with Crippen molar-refractivity contribution in [3.05, 3.63) is 48.5 Å². The van der Waals surface area contributed by atoms with Crippen molar-refractivity contribution in [2.75, 3.05) is 7.11 Å². The van der Waals surface area contributed by atoms with Gasteiger partial charge in [-0.2, -0.15) is 0 Å². The number of aromatic amines is 1. The number of fused-ring (bicyclic) bond motifs is 1. The van der Waals surface area contributed by atoms with Crippen LogP contribution in [0.3, 0.4) is 0 Å². The van der Waals surface area contributed by atoms with Gasteiger partial charge in [-0.3, -0.25) is 0 Å². The maximum Gasteiger partial charge on any atom is 0.137 e. The molecule has 0 saturated heterocycles. The lowest BCUT2D eigenvalue weighted by atomic mass is 10.0. The zero-order valence-corrected chi connectivity index (χ0v) is 9.77. The van der Waals surface area contributed by atoms with E-state index in [0.717, 1.165) is 16.6 Å². The van der Waals surface area contributed by atoms with Crippen LogP contribution < -0.4 is 4.74 Å². The van der Waals surface area contributed by atoms with Gasteiger partial charge in [-0.05, 0) is 29.8 Å². The van der Waals surface area contributed by atoms with Crippen LogP contribution in [0.5, 0.6) is 5.75 Å². The SMILES string of the molecule is COc1ccc(-c2ccnc3[nH]ccc23)c(F)c1. The molecule has 0 fully saturated rings. The van der Waals surface area contributed by atoms with E-state index in [1.54, 1.807) is 30.6 Å². The molecule has 2 heterocycles. The van der Waals surface area contributed by atoms with E-state index < -0.39 is 0 Å². The van der Waals surface area contributed by atoms with Gasteiger partial charge in [0.2, 0.25) is 0 Å². The lowest BCUT2D eigenvalue weighted by Gasteiger charge is -2.06. The minimum atomic E-state index is -0.303. The second-order valence-corrected chi connectivity index (χ2v) is 3.94. The summed E-state index contributed by atoms with van der Waals surface area (Å²) < 4.78 is 19.0. The predicted molar refractivity (Wildman–Crippen MR) is 68.0 cm³/mol. The molecule has 3 aromatic rings. The van der Waals surface area contributed by atoms with Crippen molar-refractivity contribution in [1.29, 1.82) is 0 Å². The molecule has 4 heteroatoms. The molecule has 0 aliphatic heterocycles. The van der Waals surface area contributed by atoms with Crippen molar-refractivity contribution in [2.24, 2.45) is 0 Å². The van der Waals surface area contributed by atoms with Gasteiger partial charge < -0.3 is 9.72 Å². The average molecular weight is 242 g/mol. The molecule has 0 bridgehead atoms. The number of nitrogens with zero attached hydrogens (tertiary/aromatic N) is 1. The van der Waals surface area contributed by atoms with Gasteiger partial charge in [-0.25, -0.2) is 9.37 Å². The van der Waals surface area contributed by atoms with E-state index >= 15 is 0 Å². The Bertz CT molecular complexity index is 706. The Balaban J connectivity index is 2.23. The van der Waals surface area contributed by atoms with Crippen LogP contribution in [-0.4, -0.2) is 17.1 Å². The molecule has 0 aliphatic carbocycles. The van der Waals surface area contributed by atoms with Crippen LogP contribution in [0.25, 0.3) is 22.2 Å². The lowest BCUT2D eigenvalue weighted by Crippen LogP contribution is -1.89. The number of rotatable bonds is 2. The Morgan fingerprint density at radius 3 is 2.83 bits per heavy atom. The number of ether oxygens (including phenoxy) is 1. The summed E-state index contributed by atoms with van der Waals surface area (Å²) in [4.78, 5) is 7.20. The summed E-state index contributed by atoms with van der Waals surface area (Å²) in [7, 11) is 1.52.